The number of aryl methyl sites for hydroxylation is 2. The Morgan fingerprint density at radius 1 is 1.11 bits per heavy atom. The molecule has 1 aliphatic carbocycles. The van der Waals surface area contributed by atoms with Crippen molar-refractivity contribution in [3.05, 3.63) is 29.3 Å². The molecule has 3 rings (SSSR count). The zero-order valence-corrected chi connectivity index (χ0v) is 17.3. The van der Waals surface area contributed by atoms with E-state index in [0.717, 1.165) is 18.5 Å². The lowest BCUT2D eigenvalue weighted by atomic mass is 9.71. The van der Waals surface area contributed by atoms with Gasteiger partial charge in [-0.25, -0.2) is 4.79 Å². The Labute approximate surface area is 162 Å². The molecule has 1 aromatic rings. The van der Waals surface area contributed by atoms with E-state index < -0.39 is 0 Å². The third-order valence-corrected chi connectivity index (χ3v) is 5.98. The monoisotopic (exact) mass is 371 g/mol. The van der Waals surface area contributed by atoms with Crippen LogP contribution < -0.4 is 15.5 Å². The molecule has 5 heteroatoms. The van der Waals surface area contributed by atoms with Crippen LogP contribution in [-0.4, -0.2) is 30.6 Å². The van der Waals surface area contributed by atoms with Gasteiger partial charge in [-0.05, 0) is 67.7 Å². The van der Waals surface area contributed by atoms with E-state index in [1.54, 1.807) is 4.90 Å². The standard InChI is InChI=1S/C22H33N3O2/c1-14-8-17(12-22(4,5)11-14)23-21(27)24-18-10-20(26)25(13-18)19-7-6-15(2)16(3)9-19/h6-7,9,14,17-18H,8,10-13H2,1-5H3,(H2,23,24,27)/t14-,17+,18+/m0/s1. The van der Waals surface area contributed by atoms with Gasteiger partial charge in [0.15, 0.2) is 0 Å². The third kappa shape index (κ3) is 4.82. The van der Waals surface area contributed by atoms with Crippen molar-refractivity contribution in [1.82, 2.24) is 10.6 Å². The Bertz CT molecular complexity index is 728. The summed E-state index contributed by atoms with van der Waals surface area (Å²) in [5.41, 5.74) is 3.56. The smallest absolute Gasteiger partial charge is 0.315 e. The van der Waals surface area contributed by atoms with Crippen LogP contribution in [0.2, 0.25) is 0 Å². The molecule has 3 amide bonds. The van der Waals surface area contributed by atoms with Gasteiger partial charge in [0.2, 0.25) is 5.91 Å². The van der Waals surface area contributed by atoms with E-state index in [9.17, 15) is 9.59 Å². The average molecular weight is 372 g/mol. The Hall–Kier alpha value is -2.04. The highest BCUT2D eigenvalue weighted by molar-refractivity contribution is 5.96. The predicted octanol–water partition coefficient (Wildman–Crippen LogP) is 3.92. The number of hydrogen-bond donors (Lipinski definition) is 2. The van der Waals surface area contributed by atoms with E-state index in [0.29, 0.717) is 18.9 Å². The van der Waals surface area contributed by atoms with Crippen LogP contribution in [-0.2, 0) is 4.79 Å². The SMILES string of the molecule is Cc1ccc(N2C[C@H](NC(=O)N[C@@H]3C[C@H](C)CC(C)(C)C3)CC2=O)cc1C. The Morgan fingerprint density at radius 3 is 2.48 bits per heavy atom. The third-order valence-electron chi connectivity index (χ3n) is 5.98. The molecule has 2 N–H and O–H groups in total. The van der Waals surface area contributed by atoms with Gasteiger partial charge in [0.05, 0.1) is 6.04 Å². The van der Waals surface area contributed by atoms with Gasteiger partial charge in [-0.3, -0.25) is 4.79 Å². The minimum Gasteiger partial charge on any atom is -0.335 e. The van der Waals surface area contributed by atoms with Crippen molar-refractivity contribution in [3.63, 3.8) is 0 Å². The van der Waals surface area contributed by atoms with E-state index in [4.69, 9.17) is 0 Å². The van der Waals surface area contributed by atoms with Crippen molar-refractivity contribution in [1.29, 1.82) is 0 Å². The van der Waals surface area contributed by atoms with Gasteiger partial charge in [0, 0.05) is 24.7 Å². The van der Waals surface area contributed by atoms with E-state index in [1.807, 2.05) is 18.2 Å². The second kappa shape index (κ2) is 7.53. The molecular formula is C22H33N3O2. The highest BCUT2D eigenvalue weighted by Crippen LogP contribution is 2.38. The fourth-order valence-electron chi connectivity index (χ4n) is 4.82. The molecule has 0 aromatic heterocycles. The maximum atomic E-state index is 12.5. The normalized spacial score (nSPS) is 27.5. The Balaban J connectivity index is 1.56. The number of carbonyl (C=O) groups excluding carboxylic acids is 2. The lowest BCUT2D eigenvalue weighted by Crippen LogP contribution is -2.50. The molecule has 148 valence electrons. The number of hydrogen-bond acceptors (Lipinski definition) is 2. The highest BCUT2D eigenvalue weighted by Gasteiger charge is 2.35. The Morgan fingerprint density at radius 2 is 1.81 bits per heavy atom. The number of amides is 3. The maximum Gasteiger partial charge on any atom is 0.315 e. The van der Waals surface area contributed by atoms with Crippen molar-refractivity contribution >= 4 is 17.6 Å². The number of benzene rings is 1. The number of anilines is 1. The molecule has 1 saturated heterocycles. The summed E-state index contributed by atoms with van der Waals surface area (Å²) in [7, 11) is 0. The van der Waals surface area contributed by atoms with Gasteiger partial charge < -0.3 is 15.5 Å². The minimum atomic E-state index is -0.148. The van der Waals surface area contributed by atoms with Crippen LogP contribution in [0.5, 0.6) is 0 Å². The summed E-state index contributed by atoms with van der Waals surface area (Å²) in [6, 6.07) is 5.97. The van der Waals surface area contributed by atoms with E-state index >= 15 is 0 Å². The summed E-state index contributed by atoms with van der Waals surface area (Å²) in [5.74, 6) is 0.684. The molecule has 3 atom stereocenters. The van der Waals surface area contributed by atoms with Crippen molar-refractivity contribution in [3.8, 4) is 0 Å². The van der Waals surface area contributed by atoms with Crippen LogP contribution in [0.25, 0.3) is 0 Å². The van der Waals surface area contributed by atoms with Crippen molar-refractivity contribution in [2.24, 2.45) is 11.3 Å². The van der Waals surface area contributed by atoms with Gasteiger partial charge >= 0.3 is 6.03 Å². The molecule has 1 saturated carbocycles. The molecule has 2 fully saturated rings. The predicted molar refractivity (Wildman–Crippen MR) is 109 cm³/mol. The van der Waals surface area contributed by atoms with Gasteiger partial charge in [-0.1, -0.05) is 26.8 Å². The first-order valence-electron chi connectivity index (χ1n) is 10.1. The number of nitrogens with zero attached hydrogens (tertiary/aromatic N) is 1. The molecule has 1 aliphatic heterocycles. The lowest BCUT2D eigenvalue weighted by Gasteiger charge is -2.39. The van der Waals surface area contributed by atoms with Crippen molar-refractivity contribution in [2.75, 3.05) is 11.4 Å². The fraction of sp³-hybridized carbons (Fsp3) is 0.636. The van der Waals surface area contributed by atoms with E-state index in [1.165, 1.54) is 17.5 Å². The molecule has 0 bridgehead atoms. The van der Waals surface area contributed by atoms with Crippen LogP contribution in [0, 0.1) is 25.2 Å². The molecule has 27 heavy (non-hydrogen) atoms. The summed E-state index contributed by atoms with van der Waals surface area (Å²) in [6.45, 7) is 11.4. The number of carbonyl (C=O) groups is 2. The van der Waals surface area contributed by atoms with Gasteiger partial charge in [0.25, 0.3) is 0 Å². The molecule has 1 aromatic carbocycles. The summed E-state index contributed by atoms with van der Waals surface area (Å²) in [4.78, 5) is 26.7. The maximum absolute atomic E-state index is 12.5. The lowest BCUT2D eigenvalue weighted by molar-refractivity contribution is -0.117. The van der Waals surface area contributed by atoms with Gasteiger partial charge in [-0.15, -0.1) is 0 Å². The van der Waals surface area contributed by atoms with Crippen LogP contribution >= 0.6 is 0 Å². The molecule has 0 unspecified atom stereocenters. The van der Waals surface area contributed by atoms with Crippen LogP contribution in [0.3, 0.4) is 0 Å². The van der Waals surface area contributed by atoms with Crippen molar-refractivity contribution in [2.45, 2.75) is 72.4 Å². The molecular weight excluding hydrogens is 338 g/mol. The number of urea groups is 1. The first-order valence-corrected chi connectivity index (χ1v) is 10.1. The van der Waals surface area contributed by atoms with Crippen LogP contribution in [0.1, 0.15) is 57.6 Å². The van der Waals surface area contributed by atoms with Gasteiger partial charge in [-0.2, -0.15) is 0 Å². The Kier molecular flexibility index (Phi) is 5.50. The molecule has 0 spiro atoms. The molecule has 0 radical (unpaired) electrons. The second-order valence-electron chi connectivity index (χ2n) is 9.40. The van der Waals surface area contributed by atoms with Gasteiger partial charge in [0.1, 0.15) is 0 Å². The zero-order chi connectivity index (χ0) is 19.8. The number of nitrogens with one attached hydrogen (secondary N) is 2. The largest absolute Gasteiger partial charge is 0.335 e. The molecule has 2 aliphatic rings. The summed E-state index contributed by atoms with van der Waals surface area (Å²) in [6.07, 6.45) is 3.58. The zero-order valence-electron chi connectivity index (χ0n) is 17.3. The average Bonchev–Trinajstić information content (AvgIpc) is 2.88. The van der Waals surface area contributed by atoms with Crippen LogP contribution in [0.4, 0.5) is 10.5 Å². The summed E-state index contributed by atoms with van der Waals surface area (Å²) >= 11 is 0. The van der Waals surface area contributed by atoms with E-state index in [2.05, 4.69) is 45.3 Å². The minimum absolute atomic E-state index is 0.0657. The molecule has 5 nitrogen and oxygen atoms in total. The first-order chi connectivity index (χ1) is 12.6. The quantitative estimate of drug-likeness (QED) is 0.846. The first kappa shape index (κ1) is 19.7. The van der Waals surface area contributed by atoms with Crippen LogP contribution in [0.15, 0.2) is 18.2 Å². The van der Waals surface area contributed by atoms with E-state index in [-0.39, 0.29) is 29.4 Å². The highest BCUT2D eigenvalue weighted by atomic mass is 16.2. The summed E-state index contributed by atoms with van der Waals surface area (Å²) < 4.78 is 0. The fourth-order valence-corrected chi connectivity index (χ4v) is 4.82. The summed E-state index contributed by atoms with van der Waals surface area (Å²) in [5, 5.41) is 6.15. The second-order valence-corrected chi connectivity index (χ2v) is 9.40. The molecule has 1 heterocycles. The topological polar surface area (TPSA) is 61.4 Å². The van der Waals surface area contributed by atoms with Crippen molar-refractivity contribution < 1.29 is 9.59 Å². The number of rotatable bonds is 3.